The van der Waals surface area contributed by atoms with Crippen molar-refractivity contribution in [2.75, 3.05) is 6.54 Å². The Morgan fingerprint density at radius 2 is 2.33 bits per heavy atom. The van der Waals surface area contributed by atoms with Gasteiger partial charge in [-0.3, -0.25) is 0 Å². The fourth-order valence-corrected chi connectivity index (χ4v) is 2.26. The van der Waals surface area contributed by atoms with Crippen LogP contribution in [0.4, 0.5) is 0 Å². The predicted octanol–water partition coefficient (Wildman–Crippen LogP) is 2.30. The zero-order valence-corrected chi connectivity index (χ0v) is 10.3. The summed E-state index contributed by atoms with van der Waals surface area (Å²) in [4.78, 5) is 4.37. The van der Waals surface area contributed by atoms with Crippen molar-refractivity contribution >= 4 is 21.4 Å². The molecule has 0 spiro atoms. The molecule has 80 valence electrons. The van der Waals surface area contributed by atoms with Crippen molar-refractivity contribution < 1.29 is 0 Å². The van der Waals surface area contributed by atoms with Gasteiger partial charge in [-0.05, 0) is 59.9 Å². The second-order valence-electron chi connectivity index (χ2n) is 3.63. The third-order valence-corrected chi connectivity index (χ3v) is 3.09. The average molecular weight is 268 g/mol. The summed E-state index contributed by atoms with van der Waals surface area (Å²) >= 11 is 3.46. The highest BCUT2D eigenvalue weighted by molar-refractivity contribution is 9.10. The number of rotatable bonds is 3. The van der Waals surface area contributed by atoms with Crippen molar-refractivity contribution in [1.29, 1.82) is 0 Å². The van der Waals surface area contributed by atoms with E-state index >= 15 is 0 Å². The van der Waals surface area contributed by atoms with E-state index in [1.54, 1.807) is 0 Å². The van der Waals surface area contributed by atoms with E-state index in [1.807, 2.05) is 6.92 Å². The van der Waals surface area contributed by atoms with Gasteiger partial charge in [0.2, 0.25) is 0 Å². The van der Waals surface area contributed by atoms with Gasteiger partial charge in [0, 0.05) is 6.20 Å². The molecule has 0 fully saturated rings. The number of fused-ring (bicyclic) bond motifs is 1. The summed E-state index contributed by atoms with van der Waals surface area (Å²) in [7, 11) is 0. The lowest BCUT2D eigenvalue weighted by atomic mass is 10.1. The number of nitrogens with two attached hydrogens (primary N) is 1. The molecule has 2 N–H and O–H groups in total. The maximum atomic E-state index is 5.50. The van der Waals surface area contributed by atoms with Crippen molar-refractivity contribution in [2.45, 2.75) is 19.8 Å². The van der Waals surface area contributed by atoms with Crippen LogP contribution in [0.25, 0.3) is 5.52 Å². The molecule has 2 rings (SSSR count). The number of halogens is 1. The van der Waals surface area contributed by atoms with E-state index in [9.17, 15) is 0 Å². The minimum atomic E-state index is 0.741. The van der Waals surface area contributed by atoms with E-state index in [4.69, 9.17) is 5.73 Å². The second-order valence-corrected chi connectivity index (χ2v) is 4.38. The van der Waals surface area contributed by atoms with Crippen LogP contribution in [0, 0.1) is 6.92 Å². The van der Waals surface area contributed by atoms with Crippen LogP contribution in [0.1, 0.15) is 17.8 Å². The summed E-state index contributed by atoms with van der Waals surface area (Å²) in [6.45, 7) is 2.74. The highest BCUT2D eigenvalue weighted by Crippen LogP contribution is 2.20. The van der Waals surface area contributed by atoms with Crippen LogP contribution in [0.2, 0.25) is 0 Å². The molecule has 0 aliphatic heterocycles. The quantitative estimate of drug-likeness (QED) is 0.928. The molecule has 0 saturated carbocycles. The third kappa shape index (κ3) is 2.06. The molecule has 0 aliphatic carbocycles. The molecule has 3 nitrogen and oxygen atoms in total. The summed E-state index contributed by atoms with van der Waals surface area (Å²) in [5.41, 5.74) is 7.94. The van der Waals surface area contributed by atoms with Crippen molar-refractivity contribution in [1.82, 2.24) is 9.38 Å². The van der Waals surface area contributed by atoms with Crippen molar-refractivity contribution in [3.8, 4) is 0 Å². The van der Waals surface area contributed by atoms with Gasteiger partial charge in [-0.25, -0.2) is 4.98 Å². The van der Waals surface area contributed by atoms with Crippen LogP contribution in [-0.4, -0.2) is 15.9 Å². The second kappa shape index (κ2) is 4.33. The Kier molecular flexibility index (Phi) is 3.07. The number of aryl methyl sites for hydroxylation is 2. The number of nitrogens with zero attached hydrogens (tertiary/aromatic N) is 2. The van der Waals surface area contributed by atoms with Gasteiger partial charge in [-0.1, -0.05) is 0 Å². The molecule has 0 atom stereocenters. The maximum Gasteiger partial charge on any atom is 0.132 e. The lowest BCUT2D eigenvalue weighted by molar-refractivity contribution is 0.831. The van der Waals surface area contributed by atoms with Crippen LogP contribution in [-0.2, 0) is 6.42 Å². The van der Waals surface area contributed by atoms with Crippen LogP contribution in [0.15, 0.2) is 22.9 Å². The molecule has 0 unspecified atom stereocenters. The summed E-state index contributed by atoms with van der Waals surface area (Å²) in [6, 6.07) is 4.30. The van der Waals surface area contributed by atoms with E-state index in [-0.39, 0.29) is 0 Å². The molecule has 2 heterocycles. The minimum absolute atomic E-state index is 0.741. The number of aromatic nitrogens is 2. The zero-order chi connectivity index (χ0) is 10.8. The monoisotopic (exact) mass is 267 g/mol. The Bertz CT molecular complexity index is 476. The lowest BCUT2D eigenvalue weighted by Crippen LogP contribution is -2.00. The fraction of sp³-hybridized carbons (Fsp3) is 0.364. The van der Waals surface area contributed by atoms with Gasteiger partial charge >= 0.3 is 0 Å². The van der Waals surface area contributed by atoms with Gasteiger partial charge in [-0.15, -0.1) is 0 Å². The molecule has 15 heavy (non-hydrogen) atoms. The van der Waals surface area contributed by atoms with Gasteiger partial charge in [0.15, 0.2) is 0 Å². The standard InChI is InChI=1S/C11H14BrN3/c1-8-14-11(12)10-7-9(3-2-5-13)4-6-15(8)10/h4,6-7H,2-3,5,13H2,1H3. The topological polar surface area (TPSA) is 43.3 Å². The summed E-state index contributed by atoms with van der Waals surface area (Å²) < 4.78 is 2.99. The van der Waals surface area contributed by atoms with E-state index in [1.165, 1.54) is 5.56 Å². The first kappa shape index (κ1) is 10.6. The van der Waals surface area contributed by atoms with Gasteiger partial charge in [-0.2, -0.15) is 0 Å². The Morgan fingerprint density at radius 1 is 1.53 bits per heavy atom. The molecular formula is C11H14BrN3. The Morgan fingerprint density at radius 3 is 3.07 bits per heavy atom. The first-order valence-corrected chi connectivity index (χ1v) is 5.85. The van der Waals surface area contributed by atoms with Crippen LogP contribution in [0.5, 0.6) is 0 Å². The summed E-state index contributed by atoms with van der Waals surface area (Å²) in [6.07, 6.45) is 4.12. The molecular weight excluding hydrogens is 254 g/mol. The Labute approximate surface area is 97.4 Å². The highest BCUT2D eigenvalue weighted by Gasteiger charge is 2.05. The van der Waals surface area contributed by atoms with E-state index < -0.39 is 0 Å². The van der Waals surface area contributed by atoms with Crippen LogP contribution in [0.3, 0.4) is 0 Å². The third-order valence-electron chi connectivity index (χ3n) is 2.51. The number of pyridine rings is 1. The lowest BCUT2D eigenvalue weighted by Gasteiger charge is -2.02. The van der Waals surface area contributed by atoms with Gasteiger partial charge in [0.25, 0.3) is 0 Å². The molecule has 0 saturated heterocycles. The van der Waals surface area contributed by atoms with E-state index in [0.29, 0.717) is 0 Å². The molecule has 0 amide bonds. The maximum absolute atomic E-state index is 5.50. The Hall–Kier alpha value is -0.870. The van der Waals surface area contributed by atoms with Crippen molar-refractivity contribution in [2.24, 2.45) is 5.73 Å². The number of imidazole rings is 1. The summed E-state index contributed by atoms with van der Waals surface area (Å²) in [5, 5.41) is 0. The fourth-order valence-electron chi connectivity index (χ4n) is 1.70. The van der Waals surface area contributed by atoms with Gasteiger partial charge < -0.3 is 10.1 Å². The number of hydrogen-bond acceptors (Lipinski definition) is 2. The highest BCUT2D eigenvalue weighted by atomic mass is 79.9. The molecule has 0 radical (unpaired) electrons. The van der Waals surface area contributed by atoms with Crippen molar-refractivity contribution in [3.63, 3.8) is 0 Å². The minimum Gasteiger partial charge on any atom is -0.330 e. The normalized spacial score (nSPS) is 11.1. The van der Waals surface area contributed by atoms with Crippen molar-refractivity contribution in [3.05, 3.63) is 34.3 Å². The molecule has 0 aromatic carbocycles. The molecule has 0 bridgehead atoms. The Balaban J connectivity index is 2.41. The van der Waals surface area contributed by atoms with Gasteiger partial charge in [0.1, 0.15) is 10.4 Å². The smallest absolute Gasteiger partial charge is 0.132 e. The molecule has 2 aromatic heterocycles. The van der Waals surface area contributed by atoms with Crippen LogP contribution >= 0.6 is 15.9 Å². The summed E-state index contributed by atoms with van der Waals surface area (Å²) in [5.74, 6) is 1.00. The number of hydrogen-bond donors (Lipinski definition) is 1. The average Bonchev–Trinajstić information content (AvgIpc) is 2.52. The van der Waals surface area contributed by atoms with E-state index in [0.717, 1.165) is 35.3 Å². The van der Waals surface area contributed by atoms with Gasteiger partial charge in [0.05, 0.1) is 5.52 Å². The predicted molar refractivity (Wildman–Crippen MR) is 65.0 cm³/mol. The van der Waals surface area contributed by atoms with Crippen LogP contribution < -0.4 is 5.73 Å². The first-order chi connectivity index (χ1) is 7.22. The van der Waals surface area contributed by atoms with E-state index in [2.05, 4.69) is 43.6 Å². The SMILES string of the molecule is Cc1nc(Br)c2cc(CCCN)ccn12. The molecule has 0 aliphatic rings. The first-order valence-electron chi connectivity index (χ1n) is 5.05. The largest absolute Gasteiger partial charge is 0.330 e. The molecule has 2 aromatic rings. The molecule has 4 heteroatoms. The zero-order valence-electron chi connectivity index (χ0n) is 8.70.